The fourth-order valence-electron chi connectivity index (χ4n) is 4.06. The molecule has 0 saturated carbocycles. The van der Waals surface area contributed by atoms with E-state index in [0.29, 0.717) is 22.9 Å². The van der Waals surface area contributed by atoms with Crippen molar-refractivity contribution in [2.75, 3.05) is 24.4 Å². The molecule has 0 radical (unpaired) electrons. The van der Waals surface area contributed by atoms with Gasteiger partial charge in [0.1, 0.15) is 17.7 Å². The minimum absolute atomic E-state index is 0.383. The first-order chi connectivity index (χ1) is 17.3. The number of carbonyl (C=O) groups excluding carboxylic acids is 3. The highest BCUT2D eigenvalue weighted by atomic mass is 35.5. The Hall–Kier alpha value is -2.71. The van der Waals surface area contributed by atoms with Gasteiger partial charge in [0.15, 0.2) is 0 Å². The lowest BCUT2D eigenvalue weighted by Gasteiger charge is -2.33. The molecule has 2 rings (SSSR count). The molecular formula is C28H38ClN3O4S. The summed E-state index contributed by atoms with van der Waals surface area (Å²) in [6.07, 6.45) is 1.63. The first-order valence-corrected chi connectivity index (χ1v) is 13.9. The summed E-state index contributed by atoms with van der Waals surface area (Å²) >= 11 is 7.95. The van der Waals surface area contributed by atoms with E-state index >= 15 is 0 Å². The summed E-state index contributed by atoms with van der Waals surface area (Å²) in [5.74, 6) is -0.150. The third-order valence-corrected chi connectivity index (χ3v) is 6.83. The molecule has 0 aliphatic heterocycles. The fourth-order valence-corrected chi connectivity index (χ4v) is 4.80. The number of halogens is 1. The van der Waals surface area contributed by atoms with Crippen LogP contribution in [-0.2, 0) is 14.3 Å². The minimum atomic E-state index is -0.957. The Balaban J connectivity index is 2.48. The van der Waals surface area contributed by atoms with Crippen LogP contribution < -0.4 is 10.6 Å². The van der Waals surface area contributed by atoms with Gasteiger partial charge in [-0.05, 0) is 88.3 Å². The summed E-state index contributed by atoms with van der Waals surface area (Å²) in [7, 11) is 1.58. The van der Waals surface area contributed by atoms with Crippen molar-refractivity contribution in [3.63, 3.8) is 0 Å². The number of anilines is 1. The zero-order valence-electron chi connectivity index (χ0n) is 22.9. The number of para-hydroxylation sites is 1. The topological polar surface area (TPSA) is 87.7 Å². The van der Waals surface area contributed by atoms with E-state index in [-0.39, 0.29) is 0 Å². The van der Waals surface area contributed by atoms with Crippen molar-refractivity contribution < 1.29 is 19.1 Å². The molecule has 2 atom stereocenters. The zero-order valence-corrected chi connectivity index (χ0v) is 24.5. The number of rotatable bonds is 9. The average molecular weight is 548 g/mol. The largest absolute Gasteiger partial charge is 0.444 e. The maximum absolute atomic E-state index is 13.8. The van der Waals surface area contributed by atoms with Crippen LogP contribution in [-0.4, -0.2) is 53.5 Å². The van der Waals surface area contributed by atoms with Crippen molar-refractivity contribution in [1.82, 2.24) is 10.2 Å². The summed E-state index contributed by atoms with van der Waals surface area (Å²) in [4.78, 5) is 41.6. The number of aryl methyl sites for hydroxylation is 3. The lowest BCUT2D eigenvalue weighted by atomic mass is 9.93. The standard InChI is InChI=1S/C28H38ClN3O4S/c1-17-11-9-12-18(2)22(17)24(25(33)31-23-19(3)13-10-14-20(23)29)32(7)26(34)21(15-16-37-8)30-27(35)36-28(4,5)6/h9-14,21,24H,15-16H2,1-8H3,(H,30,35)(H,31,33). The van der Waals surface area contributed by atoms with Crippen molar-refractivity contribution in [2.45, 2.75) is 65.6 Å². The summed E-state index contributed by atoms with van der Waals surface area (Å²) in [6.45, 7) is 10.9. The highest BCUT2D eigenvalue weighted by molar-refractivity contribution is 7.98. The summed E-state index contributed by atoms with van der Waals surface area (Å²) in [5.41, 5.74) is 3.06. The summed E-state index contributed by atoms with van der Waals surface area (Å²) in [5, 5.41) is 6.06. The molecular weight excluding hydrogens is 510 g/mol. The lowest BCUT2D eigenvalue weighted by molar-refractivity contribution is -0.139. The molecule has 2 unspecified atom stereocenters. The molecule has 37 heavy (non-hydrogen) atoms. The van der Waals surface area contributed by atoms with Crippen LogP contribution in [0.1, 0.15) is 55.5 Å². The number of hydrogen-bond donors (Lipinski definition) is 2. The van der Waals surface area contributed by atoms with Gasteiger partial charge >= 0.3 is 6.09 Å². The molecule has 3 amide bonds. The Bertz CT molecular complexity index is 1090. The van der Waals surface area contributed by atoms with Crippen LogP contribution in [0.5, 0.6) is 0 Å². The molecule has 7 nitrogen and oxygen atoms in total. The Kier molecular flexibility index (Phi) is 10.9. The van der Waals surface area contributed by atoms with Crippen LogP contribution in [0.25, 0.3) is 0 Å². The van der Waals surface area contributed by atoms with Crippen LogP contribution >= 0.6 is 23.4 Å². The molecule has 202 valence electrons. The molecule has 0 fully saturated rings. The first kappa shape index (κ1) is 30.5. The molecule has 0 aliphatic rings. The van der Waals surface area contributed by atoms with Crippen LogP contribution in [0.4, 0.5) is 10.5 Å². The van der Waals surface area contributed by atoms with Gasteiger partial charge < -0.3 is 20.3 Å². The van der Waals surface area contributed by atoms with E-state index in [9.17, 15) is 14.4 Å². The summed E-state index contributed by atoms with van der Waals surface area (Å²) < 4.78 is 5.39. The number of amides is 3. The van der Waals surface area contributed by atoms with Crippen LogP contribution in [0, 0.1) is 20.8 Å². The quantitative estimate of drug-likeness (QED) is 0.399. The van der Waals surface area contributed by atoms with Gasteiger partial charge in [-0.15, -0.1) is 0 Å². The average Bonchev–Trinajstić information content (AvgIpc) is 2.79. The number of nitrogens with one attached hydrogen (secondary N) is 2. The van der Waals surface area contributed by atoms with Crippen LogP contribution in [0.15, 0.2) is 36.4 Å². The smallest absolute Gasteiger partial charge is 0.408 e. The molecule has 0 saturated heterocycles. The molecule has 0 heterocycles. The van der Waals surface area contributed by atoms with Crippen molar-refractivity contribution in [1.29, 1.82) is 0 Å². The number of ether oxygens (including phenoxy) is 1. The van der Waals surface area contributed by atoms with Crippen molar-refractivity contribution in [2.24, 2.45) is 0 Å². The number of thioether (sulfide) groups is 1. The minimum Gasteiger partial charge on any atom is -0.444 e. The van der Waals surface area contributed by atoms with Crippen molar-refractivity contribution in [3.8, 4) is 0 Å². The van der Waals surface area contributed by atoms with Gasteiger partial charge in [-0.3, -0.25) is 9.59 Å². The van der Waals surface area contributed by atoms with E-state index in [1.807, 2.05) is 57.4 Å². The number of benzene rings is 2. The number of carbonyl (C=O) groups is 3. The maximum Gasteiger partial charge on any atom is 0.408 e. The highest BCUT2D eigenvalue weighted by Crippen LogP contribution is 2.31. The predicted octanol–water partition coefficient (Wildman–Crippen LogP) is 6.05. The molecule has 9 heteroatoms. The van der Waals surface area contributed by atoms with Crippen molar-refractivity contribution >= 4 is 47.0 Å². The monoisotopic (exact) mass is 547 g/mol. The Morgan fingerprint density at radius 2 is 1.59 bits per heavy atom. The number of nitrogens with zero attached hydrogens (tertiary/aromatic N) is 1. The second-order valence-corrected chi connectivity index (χ2v) is 11.5. The highest BCUT2D eigenvalue weighted by Gasteiger charge is 2.35. The molecule has 0 aliphatic carbocycles. The van der Waals surface area contributed by atoms with Crippen LogP contribution in [0.3, 0.4) is 0 Å². The second-order valence-electron chi connectivity index (χ2n) is 10.1. The van der Waals surface area contributed by atoms with Crippen molar-refractivity contribution in [3.05, 3.63) is 63.7 Å². The Morgan fingerprint density at radius 1 is 1.03 bits per heavy atom. The van der Waals surface area contributed by atoms with Gasteiger partial charge in [-0.25, -0.2) is 4.79 Å². The first-order valence-electron chi connectivity index (χ1n) is 12.1. The van der Waals surface area contributed by atoms with E-state index in [0.717, 1.165) is 22.3 Å². The number of alkyl carbamates (subject to hydrolysis) is 1. The van der Waals surface area contributed by atoms with E-state index in [2.05, 4.69) is 10.6 Å². The third kappa shape index (κ3) is 8.40. The van der Waals surface area contributed by atoms with E-state index < -0.39 is 35.6 Å². The normalized spacial score (nSPS) is 12.9. The fraction of sp³-hybridized carbons (Fsp3) is 0.464. The van der Waals surface area contributed by atoms with E-state index in [4.69, 9.17) is 16.3 Å². The number of hydrogen-bond acceptors (Lipinski definition) is 5. The molecule has 0 bridgehead atoms. The van der Waals surface area contributed by atoms with Gasteiger partial charge in [-0.1, -0.05) is 41.9 Å². The zero-order chi connectivity index (χ0) is 27.9. The molecule has 2 aromatic rings. The maximum atomic E-state index is 13.8. The molecule has 2 N–H and O–H groups in total. The van der Waals surface area contributed by atoms with Gasteiger partial charge in [0.2, 0.25) is 5.91 Å². The SMILES string of the molecule is CSCCC(NC(=O)OC(C)(C)C)C(=O)N(C)C(C(=O)Nc1c(C)cccc1Cl)c1c(C)cccc1C. The molecule has 0 aromatic heterocycles. The predicted molar refractivity (Wildman–Crippen MR) is 152 cm³/mol. The van der Waals surface area contributed by atoms with Gasteiger partial charge in [0, 0.05) is 7.05 Å². The lowest BCUT2D eigenvalue weighted by Crippen LogP contribution is -2.51. The molecule has 0 spiro atoms. The Labute approximate surface area is 229 Å². The van der Waals surface area contributed by atoms with Gasteiger partial charge in [0.25, 0.3) is 5.91 Å². The van der Waals surface area contributed by atoms with E-state index in [1.165, 1.54) is 4.90 Å². The van der Waals surface area contributed by atoms with Gasteiger partial charge in [0.05, 0.1) is 10.7 Å². The second kappa shape index (κ2) is 13.2. The van der Waals surface area contributed by atoms with Gasteiger partial charge in [-0.2, -0.15) is 11.8 Å². The molecule has 2 aromatic carbocycles. The summed E-state index contributed by atoms with van der Waals surface area (Å²) in [6, 6.07) is 9.27. The number of likely N-dealkylation sites (N-methyl/N-ethyl adjacent to an activating group) is 1. The Morgan fingerprint density at radius 3 is 2.14 bits per heavy atom. The van der Waals surface area contributed by atoms with E-state index in [1.54, 1.807) is 45.6 Å². The van der Waals surface area contributed by atoms with Crippen LogP contribution in [0.2, 0.25) is 5.02 Å². The third-order valence-electron chi connectivity index (χ3n) is 5.87.